The highest BCUT2D eigenvalue weighted by Gasteiger charge is 2.27. The molecule has 2 aromatic heterocycles. The highest BCUT2D eigenvalue weighted by Crippen LogP contribution is 2.18. The van der Waals surface area contributed by atoms with Crippen molar-refractivity contribution in [3.63, 3.8) is 0 Å². The molecule has 8 nitrogen and oxygen atoms in total. The van der Waals surface area contributed by atoms with E-state index >= 15 is 0 Å². The standard InChI is InChI=1S/C15H20N4O4/c1-14(2,3)22-12(20)9-8-10(17-7-16-8)19-11(18-9)13(21)23-15(4,5)6/h7H,1-6H3,(H,16,17,18,19). The lowest BCUT2D eigenvalue weighted by Crippen LogP contribution is -2.27. The quantitative estimate of drug-likeness (QED) is 0.846. The predicted molar refractivity (Wildman–Crippen MR) is 82.0 cm³/mol. The van der Waals surface area contributed by atoms with Gasteiger partial charge in [0.05, 0.1) is 6.33 Å². The number of rotatable bonds is 2. The van der Waals surface area contributed by atoms with Gasteiger partial charge < -0.3 is 14.5 Å². The first-order valence-electron chi connectivity index (χ1n) is 7.14. The van der Waals surface area contributed by atoms with Crippen molar-refractivity contribution in [1.82, 2.24) is 19.9 Å². The minimum absolute atomic E-state index is 0.0525. The number of hydrogen-bond donors (Lipinski definition) is 1. The molecule has 0 bridgehead atoms. The van der Waals surface area contributed by atoms with Crippen molar-refractivity contribution in [2.24, 2.45) is 0 Å². The van der Waals surface area contributed by atoms with E-state index in [-0.39, 0.29) is 17.2 Å². The van der Waals surface area contributed by atoms with E-state index in [1.54, 1.807) is 41.5 Å². The van der Waals surface area contributed by atoms with Gasteiger partial charge in [0.25, 0.3) is 0 Å². The molecule has 0 saturated heterocycles. The van der Waals surface area contributed by atoms with Gasteiger partial charge in [-0.2, -0.15) is 0 Å². The summed E-state index contributed by atoms with van der Waals surface area (Å²) in [5.41, 5.74) is -0.940. The molecule has 124 valence electrons. The van der Waals surface area contributed by atoms with E-state index in [2.05, 4.69) is 19.9 Å². The van der Waals surface area contributed by atoms with Crippen LogP contribution in [-0.4, -0.2) is 43.1 Å². The summed E-state index contributed by atoms with van der Waals surface area (Å²) in [5.74, 6) is -1.63. The van der Waals surface area contributed by atoms with Crippen LogP contribution in [0.4, 0.5) is 0 Å². The molecule has 0 aliphatic rings. The van der Waals surface area contributed by atoms with Gasteiger partial charge in [-0.3, -0.25) is 0 Å². The Balaban J connectivity index is 2.46. The van der Waals surface area contributed by atoms with Gasteiger partial charge in [0.2, 0.25) is 5.82 Å². The number of hydrogen-bond acceptors (Lipinski definition) is 7. The Morgan fingerprint density at radius 1 is 0.957 bits per heavy atom. The summed E-state index contributed by atoms with van der Waals surface area (Å²) in [6.45, 7) is 10.4. The molecular formula is C15H20N4O4. The van der Waals surface area contributed by atoms with Crippen molar-refractivity contribution >= 4 is 23.1 Å². The maximum atomic E-state index is 12.3. The average molecular weight is 320 g/mol. The van der Waals surface area contributed by atoms with Crippen molar-refractivity contribution in [3.05, 3.63) is 17.8 Å². The minimum atomic E-state index is -0.729. The normalized spacial score (nSPS) is 12.3. The second kappa shape index (κ2) is 5.60. The summed E-state index contributed by atoms with van der Waals surface area (Å²) < 4.78 is 10.5. The van der Waals surface area contributed by atoms with Crippen LogP contribution in [0.5, 0.6) is 0 Å². The average Bonchev–Trinajstić information content (AvgIpc) is 2.81. The summed E-state index contributed by atoms with van der Waals surface area (Å²) in [6, 6.07) is 0. The van der Waals surface area contributed by atoms with Gasteiger partial charge in [0.1, 0.15) is 16.7 Å². The van der Waals surface area contributed by atoms with Crippen molar-refractivity contribution in [1.29, 1.82) is 0 Å². The SMILES string of the molecule is CC(C)(C)OC(=O)c1nc(C(=O)OC(C)(C)C)c2[nH]cnc2n1. The molecule has 0 spiro atoms. The third-order valence-electron chi connectivity index (χ3n) is 2.46. The number of ether oxygens (including phenoxy) is 2. The fourth-order valence-corrected chi connectivity index (χ4v) is 1.72. The Hall–Kier alpha value is -2.51. The van der Waals surface area contributed by atoms with Crippen LogP contribution in [0.15, 0.2) is 6.33 Å². The molecule has 0 aliphatic carbocycles. The van der Waals surface area contributed by atoms with Gasteiger partial charge in [0, 0.05) is 0 Å². The number of imidazole rings is 1. The van der Waals surface area contributed by atoms with Crippen LogP contribution in [0.1, 0.15) is 62.6 Å². The Morgan fingerprint density at radius 3 is 2.09 bits per heavy atom. The van der Waals surface area contributed by atoms with Gasteiger partial charge in [-0.15, -0.1) is 0 Å². The van der Waals surface area contributed by atoms with E-state index in [1.807, 2.05) is 0 Å². The molecule has 0 aliphatic heterocycles. The molecule has 2 aromatic rings. The van der Waals surface area contributed by atoms with Crippen LogP contribution in [-0.2, 0) is 9.47 Å². The number of esters is 2. The van der Waals surface area contributed by atoms with Crippen LogP contribution >= 0.6 is 0 Å². The van der Waals surface area contributed by atoms with Gasteiger partial charge in [-0.1, -0.05) is 0 Å². The zero-order valence-corrected chi connectivity index (χ0v) is 14.1. The third-order valence-corrected chi connectivity index (χ3v) is 2.46. The van der Waals surface area contributed by atoms with Gasteiger partial charge >= 0.3 is 11.9 Å². The molecule has 2 rings (SSSR count). The number of nitrogens with zero attached hydrogens (tertiary/aromatic N) is 3. The molecular weight excluding hydrogens is 300 g/mol. The summed E-state index contributed by atoms with van der Waals surface area (Å²) in [4.78, 5) is 39.3. The molecule has 1 N–H and O–H groups in total. The molecule has 0 atom stereocenters. The van der Waals surface area contributed by atoms with Gasteiger partial charge in [0.15, 0.2) is 11.3 Å². The number of aromatic nitrogens is 4. The Morgan fingerprint density at radius 2 is 1.52 bits per heavy atom. The van der Waals surface area contributed by atoms with Crippen LogP contribution in [0.2, 0.25) is 0 Å². The number of carbonyl (C=O) groups excluding carboxylic acids is 2. The van der Waals surface area contributed by atoms with Crippen molar-refractivity contribution in [2.45, 2.75) is 52.7 Å². The first-order valence-corrected chi connectivity index (χ1v) is 7.14. The summed E-state index contributed by atoms with van der Waals surface area (Å²) in [7, 11) is 0. The number of aromatic amines is 1. The molecule has 0 amide bonds. The summed E-state index contributed by atoms with van der Waals surface area (Å²) >= 11 is 0. The van der Waals surface area contributed by atoms with E-state index in [0.29, 0.717) is 5.52 Å². The van der Waals surface area contributed by atoms with Crippen LogP contribution in [0, 0.1) is 0 Å². The monoisotopic (exact) mass is 320 g/mol. The van der Waals surface area contributed by atoms with Crippen LogP contribution < -0.4 is 0 Å². The Bertz CT molecular complexity index is 753. The van der Waals surface area contributed by atoms with Crippen LogP contribution in [0.25, 0.3) is 11.2 Å². The lowest BCUT2D eigenvalue weighted by molar-refractivity contribution is 0.00534. The van der Waals surface area contributed by atoms with Crippen molar-refractivity contribution in [2.75, 3.05) is 0 Å². The second-order valence-corrected chi connectivity index (χ2v) is 7.00. The largest absolute Gasteiger partial charge is 0.455 e. The maximum Gasteiger partial charge on any atom is 0.376 e. The fraction of sp³-hybridized carbons (Fsp3) is 0.533. The number of carbonyl (C=O) groups is 2. The molecule has 2 heterocycles. The van der Waals surface area contributed by atoms with Gasteiger partial charge in [-0.05, 0) is 41.5 Å². The number of fused-ring (bicyclic) bond motifs is 1. The Labute approximate surface area is 133 Å². The fourth-order valence-electron chi connectivity index (χ4n) is 1.72. The van der Waals surface area contributed by atoms with E-state index in [4.69, 9.17) is 9.47 Å². The predicted octanol–water partition coefficient (Wildman–Crippen LogP) is 2.26. The number of nitrogens with one attached hydrogen (secondary N) is 1. The minimum Gasteiger partial charge on any atom is -0.455 e. The lowest BCUT2D eigenvalue weighted by atomic mass is 10.2. The van der Waals surface area contributed by atoms with E-state index in [1.165, 1.54) is 6.33 Å². The molecule has 0 saturated carbocycles. The number of H-pyrrole nitrogens is 1. The van der Waals surface area contributed by atoms with Crippen molar-refractivity contribution in [3.8, 4) is 0 Å². The molecule has 0 radical (unpaired) electrons. The van der Waals surface area contributed by atoms with Crippen molar-refractivity contribution < 1.29 is 19.1 Å². The highest BCUT2D eigenvalue weighted by molar-refractivity contribution is 6.00. The molecule has 0 fully saturated rings. The zero-order chi connectivity index (χ0) is 17.4. The maximum absolute atomic E-state index is 12.3. The first-order chi connectivity index (χ1) is 10.5. The smallest absolute Gasteiger partial charge is 0.376 e. The van der Waals surface area contributed by atoms with E-state index < -0.39 is 23.1 Å². The van der Waals surface area contributed by atoms with E-state index in [9.17, 15) is 9.59 Å². The third kappa shape index (κ3) is 4.24. The topological polar surface area (TPSA) is 107 Å². The zero-order valence-electron chi connectivity index (χ0n) is 14.1. The highest BCUT2D eigenvalue weighted by atomic mass is 16.6. The molecule has 8 heteroatoms. The lowest BCUT2D eigenvalue weighted by Gasteiger charge is -2.20. The van der Waals surface area contributed by atoms with Crippen LogP contribution in [0.3, 0.4) is 0 Å². The molecule has 0 aromatic carbocycles. The Kier molecular flexibility index (Phi) is 4.10. The summed E-state index contributed by atoms with van der Waals surface area (Å²) in [6.07, 6.45) is 1.37. The van der Waals surface area contributed by atoms with E-state index in [0.717, 1.165) is 0 Å². The second-order valence-electron chi connectivity index (χ2n) is 7.00. The summed E-state index contributed by atoms with van der Waals surface area (Å²) in [5, 5.41) is 0. The van der Waals surface area contributed by atoms with Gasteiger partial charge in [-0.25, -0.2) is 24.5 Å². The first kappa shape index (κ1) is 16.9. The molecule has 23 heavy (non-hydrogen) atoms. The molecule has 0 unspecified atom stereocenters.